The Labute approximate surface area is 158 Å². The summed E-state index contributed by atoms with van der Waals surface area (Å²) in [4.78, 5) is 31.9. The van der Waals surface area contributed by atoms with Crippen LogP contribution in [0.1, 0.15) is 44.1 Å². The van der Waals surface area contributed by atoms with Crippen LogP contribution in [0, 0.1) is 5.41 Å². The zero-order valence-electron chi connectivity index (χ0n) is 15.4. The van der Waals surface area contributed by atoms with Crippen molar-refractivity contribution in [2.24, 2.45) is 16.9 Å². The number of carboxylic acid groups (broad SMARTS) is 1. The molecule has 1 aromatic carbocycles. The van der Waals surface area contributed by atoms with Crippen LogP contribution in [-0.4, -0.2) is 36.5 Å². The number of benzene rings is 1. The molecule has 1 saturated carbocycles. The van der Waals surface area contributed by atoms with Crippen LogP contribution < -0.4 is 11.5 Å². The first-order chi connectivity index (χ1) is 12.9. The Morgan fingerprint density at radius 3 is 2.19 bits per heavy atom. The van der Waals surface area contributed by atoms with Crippen LogP contribution in [0.3, 0.4) is 0 Å². The average molecular weight is 380 g/mol. The summed E-state index contributed by atoms with van der Waals surface area (Å²) in [7, 11) is 0. The van der Waals surface area contributed by atoms with Gasteiger partial charge in [0.25, 0.3) is 0 Å². The van der Waals surface area contributed by atoms with Crippen molar-refractivity contribution in [3.8, 4) is 0 Å². The summed E-state index contributed by atoms with van der Waals surface area (Å²) in [5, 5.41) is 8.71. The normalized spacial score (nSPS) is 15.0. The fourth-order valence-corrected chi connectivity index (χ4v) is 3.04. The average Bonchev–Trinajstić information content (AvgIpc) is 2.63. The third kappa shape index (κ3) is 9.60. The number of ether oxygens (including phenoxy) is 2. The number of amides is 1. The summed E-state index contributed by atoms with van der Waals surface area (Å²) >= 11 is 0. The molecule has 2 rings (SSSR count). The van der Waals surface area contributed by atoms with Gasteiger partial charge in [-0.25, -0.2) is 4.79 Å². The van der Waals surface area contributed by atoms with Gasteiger partial charge >= 0.3 is 18.0 Å². The zero-order chi connectivity index (χ0) is 20.1. The van der Waals surface area contributed by atoms with Gasteiger partial charge in [-0.05, 0) is 30.4 Å². The minimum Gasteiger partial charge on any atom is -0.481 e. The highest BCUT2D eigenvalue weighted by atomic mass is 16.7. The lowest BCUT2D eigenvalue weighted by atomic mass is 9.72. The zero-order valence-corrected chi connectivity index (χ0v) is 15.4. The highest BCUT2D eigenvalue weighted by Crippen LogP contribution is 2.38. The second-order valence-corrected chi connectivity index (χ2v) is 6.60. The van der Waals surface area contributed by atoms with Crippen LogP contribution >= 0.6 is 0 Å². The Kier molecular flexibility index (Phi) is 9.89. The molecule has 0 unspecified atom stereocenters. The molecule has 1 fully saturated rings. The Morgan fingerprint density at radius 2 is 1.67 bits per heavy atom. The van der Waals surface area contributed by atoms with E-state index in [2.05, 4.69) is 15.2 Å². The van der Waals surface area contributed by atoms with Crippen molar-refractivity contribution in [3.05, 3.63) is 35.9 Å². The molecule has 1 aliphatic rings. The van der Waals surface area contributed by atoms with E-state index in [1.54, 1.807) is 12.1 Å². The molecule has 0 radical (unpaired) electrons. The molecule has 0 heterocycles. The van der Waals surface area contributed by atoms with Crippen LogP contribution in [0.5, 0.6) is 0 Å². The summed E-state index contributed by atoms with van der Waals surface area (Å²) in [6.45, 7) is 0.0836. The monoisotopic (exact) mass is 380 g/mol. The van der Waals surface area contributed by atoms with E-state index in [0.717, 1.165) is 31.2 Å². The van der Waals surface area contributed by atoms with Crippen LogP contribution in [0.25, 0.3) is 0 Å². The lowest BCUT2D eigenvalue weighted by Crippen LogP contribution is -2.34. The molecule has 0 bridgehead atoms. The fraction of sp³-hybridized carbons (Fsp3) is 0.526. The van der Waals surface area contributed by atoms with Crippen molar-refractivity contribution >= 4 is 18.0 Å². The van der Waals surface area contributed by atoms with Gasteiger partial charge in [-0.3, -0.25) is 9.59 Å². The highest BCUT2D eigenvalue weighted by Gasteiger charge is 2.32. The largest absolute Gasteiger partial charge is 0.481 e. The predicted molar refractivity (Wildman–Crippen MR) is 98.6 cm³/mol. The van der Waals surface area contributed by atoms with E-state index < -0.39 is 24.8 Å². The summed E-state index contributed by atoms with van der Waals surface area (Å²) in [5.41, 5.74) is 11.1. The molecule has 1 amide bonds. The molecule has 5 N–H and O–H groups in total. The number of hydrogen-bond acceptors (Lipinski definition) is 6. The third-order valence-corrected chi connectivity index (χ3v) is 4.49. The highest BCUT2D eigenvalue weighted by molar-refractivity contribution is 5.72. The lowest BCUT2D eigenvalue weighted by Gasteiger charge is -2.34. The van der Waals surface area contributed by atoms with E-state index in [0.29, 0.717) is 6.54 Å². The molecule has 150 valence electrons. The number of carbonyl (C=O) groups is 3. The van der Waals surface area contributed by atoms with Crippen molar-refractivity contribution in [2.75, 3.05) is 13.3 Å². The van der Waals surface area contributed by atoms with Crippen LogP contribution in [0.15, 0.2) is 30.3 Å². The molecule has 8 nitrogen and oxygen atoms in total. The van der Waals surface area contributed by atoms with Crippen LogP contribution in [0.4, 0.5) is 4.79 Å². The van der Waals surface area contributed by atoms with E-state index in [-0.39, 0.29) is 18.3 Å². The van der Waals surface area contributed by atoms with Gasteiger partial charge in [-0.15, -0.1) is 0 Å². The molecule has 0 atom stereocenters. The van der Waals surface area contributed by atoms with Crippen molar-refractivity contribution in [2.45, 2.75) is 44.9 Å². The van der Waals surface area contributed by atoms with Crippen molar-refractivity contribution in [1.29, 1.82) is 0 Å². The Balaban J connectivity index is 0.000000277. The lowest BCUT2D eigenvalue weighted by molar-refractivity contribution is -0.150. The first-order valence-corrected chi connectivity index (χ1v) is 8.90. The van der Waals surface area contributed by atoms with E-state index in [1.807, 2.05) is 18.2 Å². The first-order valence-electron chi connectivity index (χ1n) is 8.90. The molecule has 0 aliphatic heterocycles. The second-order valence-electron chi connectivity index (χ2n) is 6.60. The molecule has 1 aliphatic carbocycles. The molecule has 0 saturated heterocycles. The number of esters is 1. The molecule has 1 aromatic rings. The minimum atomic E-state index is -0.970. The van der Waals surface area contributed by atoms with Gasteiger partial charge in [0.1, 0.15) is 0 Å². The van der Waals surface area contributed by atoms with Gasteiger partial charge in [0.2, 0.25) is 6.79 Å². The molecule has 8 heteroatoms. The van der Waals surface area contributed by atoms with Gasteiger partial charge in [0.15, 0.2) is 0 Å². The quantitative estimate of drug-likeness (QED) is 0.486. The van der Waals surface area contributed by atoms with E-state index >= 15 is 0 Å². The topological polar surface area (TPSA) is 142 Å². The number of carboxylic acids is 1. The van der Waals surface area contributed by atoms with Gasteiger partial charge in [0, 0.05) is 0 Å². The number of nitrogens with two attached hydrogens (primary N) is 2. The number of aliphatic carboxylic acids is 1. The smallest absolute Gasteiger partial charge is 0.407 e. The maximum absolute atomic E-state index is 11.1. The minimum absolute atomic E-state index is 0.0793. The molecule has 27 heavy (non-hydrogen) atoms. The molecular weight excluding hydrogens is 352 g/mol. The Hall–Kier alpha value is -2.61. The maximum Gasteiger partial charge on any atom is 0.407 e. The summed E-state index contributed by atoms with van der Waals surface area (Å²) < 4.78 is 8.84. The van der Waals surface area contributed by atoms with E-state index in [1.165, 1.54) is 6.42 Å². The third-order valence-electron chi connectivity index (χ3n) is 4.49. The van der Waals surface area contributed by atoms with Gasteiger partial charge in [-0.1, -0.05) is 49.6 Å². The van der Waals surface area contributed by atoms with Crippen LogP contribution in [0.2, 0.25) is 0 Å². The van der Waals surface area contributed by atoms with Crippen molar-refractivity contribution < 1.29 is 29.0 Å². The molecule has 0 aromatic heterocycles. The Bertz CT molecular complexity index is 599. The van der Waals surface area contributed by atoms with E-state index in [9.17, 15) is 14.4 Å². The number of hydrogen-bond donors (Lipinski definition) is 3. The standard InChI is InChI=1S/C10H11NO4.C9H17NO2/c11-10(13)15-7-14-9(12)6-8-4-2-1-3-5-8;10-7-9(6-8(11)12)4-2-1-3-5-9/h1-5H,6-7H2,(H2,11,13);1-7,10H2,(H,11,12). The fourth-order valence-electron chi connectivity index (χ4n) is 3.04. The van der Waals surface area contributed by atoms with Gasteiger partial charge < -0.3 is 26.0 Å². The number of primary amides is 1. The SMILES string of the molecule is NC(=O)OCOC(=O)Cc1ccccc1.NCC1(CC(=O)O)CCCCC1. The van der Waals surface area contributed by atoms with E-state index in [4.69, 9.17) is 10.8 Å². The predicted octanol–water partition coefficient (Wildman–Crippen LogP) is 2.20. The van der Waals surface area contributed by atoms with Crippen molar-refractivity contribution in [1.82, 2.24) is 0 Å². The van der Waals surface area contributed by atoms with Crippen molar-refractivity contribution in [3.63, 3.8) is 0 Å². The maximum atomic E-state index is 11.1. The van der Waals surface area contributed by atoms with Gasteiger partial charge in [-0.2, -0.15) is 0 Å². The van der Waals surface area contributed by atoms with Crippen LogP contribution in [-0.2, 0) is 25.5 Å². The molecule has 0 spiro atoms. The summed E-state index contributed by atoms with van der Waals surface area (Å²) in [6.07, 6.45) is 4.94. The number of carbonyl (C=O) groups excluding carboxylic acids is 2. The second kappa shape index (κ2) is 11.9. The van der Waals surface area contributed by atoms with Gasteiger partial charge in [0.05, 0.1) is 12.8 Å². The number of rotatable bonds is 7. The summed E-state index contributed by atoms with van der Waals surface area (Å²) in [5.74, 6) is -1.18. The first kappa shape index (κ1) is 22.4. The molecular formula is C19H28N2O6. The Morgan fingerprint density at radius 1 is 1.04 bits per heavy atom. The summed E-state index contributed by atoms with van der Waals surface area (Å²) in [6, 6.07) is 9.10.